The molecule has 1 fully saturated rings. The normalized spacial score (nSPS) is 16.3. The SMILES string of the molecule is CCOc1ccc(-c2nc(OC)ccc2N2CCCN(c3ccc(OC)cc3)CC2C)cc1. The first-order valence-corrected chi connectivity index (χ1v) is 11.6. The van der Waals surface area contributed by atoms with Crippen LogP contribution in [-0.4, -0.2) is 51.5 Å². The van der Waals surface area contributed by atoms with Gasteiger partial charge in [-0.3, -0.25) is 0 Å². The fraction of sp³-hybridized carbons (Fsp3) is 0.370. The molecule has 0 amide bonds. The van der Waals surface area contributed by atoms with Gasteiger partial charge in [0.05, 0.1) is 32.2 Å². The Bertz CT molecular complexity index is 1040. The van der Waals surface area contributed by atoms with Crippen molar-refractivity contribution >= 4 is 11.4 Å². The van der Waals surface area contributed by atoms with Crippen LogP contribution < -0.4 is 24.0 Å². The first-order valence-electron chi connectivity index (χ1n) is 11.6. The Kier molecular flexibility index (Phi) is 7.23. The molecule has 33 heavy (non-hydrogen) atoms. The summed E-state index contributed by atoms with van der Waals surface area (Å²) in [5.41, 5.74) is 4.34. The summed E-state index contributed by atoms with van der Waals surface area (Å²) >= 11 is 0. The number of pyridine rings is 1. The van der Waals surface area contributed by atoms with Crippen molar-refractivity contribution in [2.24, 2.45) is 0 Å². The van der Waals surface area contributed by atoms with E-state index in [1.165, 1.54) is 5.69 Å². The van der Waals surface area contributed by atoms with E-state index in [0.717, 1.165) is 54.5 Å². The number of aromatic nitrogens is 1. The first-order chi connectivity index (χ1) is 16.1. The molecule has 0 N–H and O–H groups in total. The average molecular weight is 448 g/mol. The molecule has 0 bridgehead atoms. The number of ether oxygens (including phenoxy) is 3. The van der Waals surface area contributed by atoms with Gasteiger partial charge >= 0.3 is 0 Å². The minimum atomic E-state index is 0.311. The number of hydrogen-bond acceptors (Lipinski definition) is 6. The third-order valence-corrected chi connectivity index (χ3v) is 6.09. The quantitative estimate of drug-likeness (QED) is 0.492. The first kappa shape index (κ1) is 22.8. The lowest BCUT2D eigenvalue weighted by Crippen LogP contribution is -2.39. The molecule has 0 radical (unpaired) electrons. The molecule has 2 heterocycles. The Hall–Kier alpha value is -3.41. The van der Waals surface area contributed by atoms with Crippen LogP contribution >= 0.6 is 0 Å². The second-order valence-electron chi connectivity index (χ2n) is 8.22. The second kappa shape index (κ2) is 10.5. The molecule has 6 heteroatoms. The van der Waals surface area contributed by atoms with Crippen LogP contribution in [0, 0.1) is 0 Å². The van der Waals surface area contributed by atoms with Crippen LogP contribution in [0.25, 0.3) is 11.3 Å². The summed E-state index contributed by atoms with van der Waals surface area (Å²) in [7, 11) is 3.36. The number of methoxy groups -OCH3 is 2. The topological polar surface area (TPSA) is 47.1 Å². The maximum Gasteiger partial charge on any atom is 0.213 e. The van der Waals surface area contributed by atoms with Gasteiger partial charge in [-0.25, -0.2) is 4.98 Å². The smallest absolute Gasteiger partial charge is 0.213 e. The van der Waals surface area contributed by atoms with Gasteiger partial charge in [-0.15, -0.1) is 0 Å². The molecule has 1 aromatic heterocycles. The van der Waals surface area contributed by atoms with E-state index in [-0.39, 0.29) is 0 Å². The predicted octanol–water partition coefficient (Wildman–Crippen LogP) is 5.27. The van der Waals surface area contributed by atoms with Gasteiger partial charge in [-0.2, -0.15) is 0 Å². The molecule has 174 valence electrons. The summed E-state index contributed by atoms with van der Waals surface area (Å²) in [6, 6.07) is 20.9. The van der Waals surface area contributed by atoms with Gasteiger partial charge in [0.2, 0.25) is 5.88 Å². The molecule has 1 aliphatic heterocycles. The Morgan fingerprint density at radius 1 is 0.879 bits per heavy atom. The highest BCUT2D eigenvalue weighted by atomic mass is 16.5. The van der Waals surface area contributed by atoms with Gasteiger partial charge in [-0.1, -0.05) is 0 Å². The largest absolute Gasteiger partial charge is 0.497 e. The van der Waals surface area contributed by atoms with Crippen molar-refractivity contribution < 1.29 is 14.2 Å². The van der Waals surface area contributed by atoms with Crippen molar-refractivity contribution in [3.8, 4) is 28.6 Å². The van der Waals surface area contributed by atoms with Gasteiger partial charge in [0.1, 0.15) is 11.5 Å². The van der Waals surface area contributed by atoms with Crippen LogP contribution in [0.5, 0.6) is 17.4 Å². The Morgan fingerprint density at radius 3 is 2.27 bits per heavy atom. The maximum atomic E-state index is 5.62. The monoisotopic (exact) mass is 447 g/mol. The summed E-state index contributed by atoms with van der Waals surface area (Å²) in [6.07, 6.45) is 1.06. The lowest BCUT2D eigenvalue weighted by atomic mass is 10.1. The minimum absolute atomic E-state index is 0.311. The van der Waals surface area contributed by atoms with E-state index >= 15 is 0 Å². The third kappa shape index (κ3) is 5.16. The van der Waals surface area contributed by atoms with Crippen LogP contribution in [0.15, 0.2) is 60.7 Å². The van der Waals surface area contributed by atoms with Crippen LogP contribution in [0.1, 0.15) is 20.3 Å². The summed E-state index contributed by atoms with van der Waals surface area (Å²) in [6.45, 7) is 7.83. The van der Waals surface area contributed by atoms with E-state index < -0.39 is 0 Å². The fourth-order valence-electron chi connectivity index (χ4n) is 4.41. The Balaban J connectivity index is 1.62. The van der Waals surface area contributed by atoms with E-state index in [9.17, 15) is 0 Å². The molecule has 0 spiro atoms. The number of benzene rings is 2. The van der Waals surface area contributed by atoms with Gasteiger partial charge in [-0.05, 0) is 74.9 Å². The van der Waals surface area contributed by atoms with E-state index in [0.29, 0.717) is 18.5 Å². The molecule has 3 aromatic rings. The summed E-state index contributed by atoms with van der Waals surface area (Å²) in [5.74, 6) is 2.36. The molecule has 1 atom stereocenters. The zero-order valence-electron chi connectivity index (χ0n) is 20.0. The molecule has 6 nitrogen and oxygen atoms in total. The molecular formula is C27H33N3O3. The van der Waals surface area contributed by atoms with Crippen LogP contribution in [0.2, 0.25) is 0 Å². The summed E-state index contributed by atoms with van der Waals surface area (Å²) < 4.78 is 16.4. The van der Waals surface area contributed by atoms with Crippen molar-refractivity contribution in [3.63, 3.8) is 0 Å². The van der Waals surface area contributed by atoms with Crippen LogP contribution in [-0.2, 0) is 0 Å². The van der Waals surface area contributed by atoms with Gasteiger partial charge in [0, 0.05) is 43.0 Å². The highest BCUT2D eigenvalue weighted by Gasteiger charge is 2.25. The van der Waals surface area contributed by atoms with Crippen molar-refractivity contribution in [3.05, 3.63) is 60.7 Å². The molecular weight excluding hydrogens is 414 g/mol. The van der Waals surface area contributed by atoms with E-state index in [2.05, 4.69) is 47.1 Å². The van der Waals surface area contributed by atoms with Gasteiger partial charge < -0.3 is 24.0 Å². The molecule has 1 unspecified atom stereocenters. The molecule has 1 saturated heterocycles. The lowest BCUT2D eigenvalue weighted by Gasteiger charge is -2.32. The lowest BCUT2D eigenvalue weighted by molar-refractivity contribution is 0.340. The number of nitrogens with zero attached hydrogens (tertiary/aromatic N) is 3. The highest BCUT2D eigenvalue weighted by Crippen LogP contribution is 2.34. The van der Waals surface area contributed by atoms with Crippen LogP contribution in [0.4, 0.5) is 11.4 Å². The van der Waals surface area contributed by atoms with Gasteiger partial charge in [0.25, 0.3) is 0 Å². The molecule has 2 aromatic carbocycles. The fourth-order valence-corrected chi connectivity index (χ4v) is 4.41. The standard InChI is InChI=1S/C27H33N3O3/c1-5-33-24-11-7-21(8-12-24)27-25(15-16-26(28-27)32-4)30-18-6-17-29(19-20(30)2)22-9-13-23(31-3)14-10-22/h7-16,20H,5-6,17-19H2,1-4H3. The molecule has 0 saturated carbocycles. The van der Waals surface area contributed by atoms with Crippen LogP contribution in [0.3, 0.4) is 0 Å². The van der Waals surface area contributed by atoms with E-state index in [1.54, 1.807) is 14.2 Å². The Morgan fingerprint density at radius 2 is 1.61 bits per heavy atom. The van der Waals surface area contributed by atoms with Gasteiger partial charge in [0.15, 0.2) is 0 Å². The molecule has 1 aliphatic rings. The third-order valence-electron chi connectivity index (χ3n) is 6.09. The van der Waals surface area contributed by atoms with E-state index in [4.69, 9.17) is 19.2 Å². The van der Waals surface area contributed by atoms with Crippen molar-refractivity contribution in [2.45, 2.75) is 26.3 Å². The summed E-state index contributed by atoms with van der Waals surface area (Å²) in [4.78, 5) is 9.77. The number of rotatable bonds is 7. The zero-order valence-corrected chi connectivity index (χ0v) is 20.0. The molecule has 0 aliphatic carbocycles. The van der Waals surface area contributed by atoms with Crippen molar-refractivity contribution in [1.29, 1.82) is 0 Å². The Labute approximate surface area is 196 Å². The minimum Gasteiger partial charge on any atom is -0.497 e. The second-order valence-corrected chi connectivity index (χ2v) is 8.22. The zero-order chi connectivity index (χ0) is 23.2. The maximum absolute atomic E-state index is 5.62. The number of anilines is 2. The summed E-state index contributed by atoms with van der Waals surface area (Å²) in [5, 5.41) is 0. The predicted molar refractivity (Wildman–Crippen MR) is 134 cm³/mol. The highest BCUT2D eigenvalue weighted by molar-refractivity contribution is 5.76. The van der Waals surface area contributed by atoms with Crippen molar-refractivity contribution in [2.75, 3.05) is 50.3 Å². The molecule has 4 rings (SSSR count). The van der Waals surface area contributed by atoms with Crippen molar-refractivity contribution in [1.82, 2.24) is 4.98 Å². The average Bonchev–Trinajstić information content (AvgIpc) is 3.06. The van der Waals surface area contributed by atoms with E-state index in [1.807, 2.05) is 37.3 Å². The number of hydrogen-bond donors (Lipinski definition) is 0.